The summed E-state index contributed by atoms with van der Waals surface area (Å²) in [4.78, 5) is 33.9. The van der Waals surface area contributed by atoms with Crippen LogP contribution in [0.5, 0.6) is 0 Å². The molecule has 3 rings (SSSR count). The first-order valence-electron chi connectivity index (χ1n) is 8.89. The quantitative estimate of drug-likeness (QED) is 0.741. The van der Waals surface area contributed by atoms with E-state index in [9.17, 15) is 9.59 Å². The second kappa shape index (κ2) is 7.95. The maximum Gasteiger partial charge on any atom is 0.258 e. The summed E-state index contributed by atoms with van der Waals surface area (Å²) in [5, 5.41) is 0.559. The van der Waals surface area contributed by atoms with Gasteiger partial charge in [0.1, 0.15) is 5.82 Å². The van der Waals surface area contributed by atoms with E-state index in [-0.39, 0.29) is 17.4 Å². The van der Waals surface area contributed by atoms with E-state index in [4.69, 9.17) is 0 Å². The van der Waals surface area contributed by atoms with E-state index >= 15 is 0 Å². The fraction of sp³-hybridized carbons (Fsp3) is 0.286. The van der Waals surface area contributed by atoms with Crippen molar-refractivity contribution in [3.63, 3.8) is 0 Å². The van der Waals surface area contributed by atoms with Gasteiger partial charge in [-0.05, 0) is 30.5 Å². The van der Waals surface area contributed by atoms with Crippen molar-refractivity contribution in [2.45, 2.75) is 32.7 Å². The number of rotatable bonds is 6. The Morgan fingerprint density at radius 2 is 1.81 bits per heavy atom. The molecule has 1 unspecified atom stereocenters. The number of carbonyl (C=O) groups is 1. The summed E-state index contributed by atoms with van der Waals surface area (Å²) in [5.74, 6) is 0.706. The van der Waals surface area contributed by atoms with Crippen LogP contribution in [0.15, 0.2) is 59.4 Å². The average molecular weight is 349 g/mol. The predicted molar refractivity (Wildman–Crippen MR) is 103 cm³/mol. The van der Waals surface area contributed by atoms with Crippen molar-refractivity contribution in [2.24, 2.45) is 0 Å². The molecule has 26 heavy (non-hydrogen) atoms. The number of fused-ring (bicyclic) bond motifs is 1. The Hall–Kier alpha value is -2.95. The highest BCUT2D eigenvalue weighted by Gasteiger charge is 2.18. The van der Waals surface area contributed by atoms with Crippen LogP contribution >= 0.6 is 0 Å². The lowest BCUT2D eigenvalue weighted by Crippen LogP contribution is -2.32. The SMILES string of the molecule is CCN(Cc1nc2ccccc2c(=O)[nH]1)C(=O)CC(C)c1ccccc1. The Kier molecular flexibility index (Phi) is 5.46. The minimum absolute atomic E-state index is 0.0552. The molecule has 5 nitrogen and oxygen atoms in total. The highest BCUT2D eigenvalue weighted by Crippen LogP contribution is 2.20. The van der Waals surface area contributed by atoms with Gasteiger partial charge >= 0.3 is 0 Å². The molecule has 0 aliphatic heterocycles. The molecule has 0 spiro atoms. The first-order chi connectivity index (χ1) is 12.6. The summed E-state index contributed by atoms with van der Waals surface area (Å²) in [7, 11) is 0. The smallest absolute Gasteiger partial charge is 0.258 e. The highest BCUT2D eigenvalue weighted by atomic mass is 16.2. The van der Waals surface area contributed by atoms with E-state index in [1.807, 2.05) is 55.5 Å². The Bertz CT molecular complexity index is 950. The van der Waals surface area contributed by atoms with Gasteiger partial charge < -0.3 is 9.88 Å². The largest absolute Gasteiger partial charge is 0.335 e. The Labute approximate surface area is 152 Å². The molecule has 0 aliphatic rings. The molecule has 0 saturated carbocycles. The number of benzene rings is 2. The molecule has 1 heterocycles. The zero-order valence-corrected chi connectivity index (χ0v) is 15.1. The molecule has 1 atom stereocenters. The van der Waals surface area contributed by atoms with E-state index in [0.29, 0.717) is 36.2 Å². The van der Waals surface area contributed by atoms with Gasteiger partial charge in [-0.3, -0.25) is 9.59 Å². The second-order valence-electron chi connectivity index (χ2n) is 6.45. The van der Waals surface area contributed by atoms with Crippen LogP contribution in [0.4, 0.5) is 0 Å². The lowest BCUT2D eigenvalue weighted by molar-refractivity contribution is -0.132. The molecule has 0 saturated heterocycles. The molecular formula is C21H23N3O2. The second-order valence-corrected chi connectivity index (χ2v) is 6.45. The number of aromatic amines is 1. The fourth-order valence-electron chi connectivity index (χ4n) is 3.06. The van der Waals surface area contributed by atoms with Gasteiger partial charge in [0.05, 0.1) is 17.4 Å². The van der Waals surface area contributed by atoms with Crippen LogP contribution in [-0.4, -0.2) is 27.3 Å². The zero-order chi connectivity index (χ0) is 18.5. The van der Waals surface area contributed by atoms with Crippen LogP contribution < -0.4 is 5.56 Å². The standard InChI is InChI=1S/C21H23N3O2/c1-3-24(20(25)13-15(2)16-9-5-4-6-10-16)14-19-22-18-12-8-7-11-17(18)21(26)23-19/h4-12,15H,3,13-14H2,1-2H3,(H,22,23,26). The van der Waals surface area contributed by atoms with Gasteiger partial charge in [-0.1, -0.05) is 49.4 Å². The number of carbonyl (C=O) groups excluding carboxylic acids is 1. The summed E-state index contributed by atoms with van der Waals surface area (Å²) in [6.45, 7) is 4.86. The summed E-state index contributed by atoms with van der Waals surface area (Å²) in [5.41, 5.74) is 1.62. The third-order valence-corrected chi connectivity index (χ3v) is 4.59. The van der Waals surface area contributed by atoms with Gasteiger partial charge in [-0.25, -0.2) is 4.98 Å². The minimum atomic E-state index is -0.174. The number of amides is 1. The van der Waals surface area contributed by atoms with Crippen molar-refractivity contribution in [2.75, 3.05) is 6.54 Å². The highest BCUT2D eigenvalue weighted by molar-refractivity contribution is 5.78. The molecule has 0 bridgehead atoms. The van der Waals surface area contributed by atoms with Crippen LogP contribution in [0.1, 0.15) is 37.6 Å². The van der Waals surface area contributed by atoms with Crippen LogP contribution in [0.25, 0.3) is 10.9 Å². The van der Waals surface area contributed by atoms with Crippen LogP contribution in [0, 0.1) is 0 Å². The van der Waals surface area contributed by atoms with E-state index in [1.165, 1.54) is 0 Å². The van der Waals surface area contributed by atoms with E-state index in [0.717, 1.165) is 5.56 Å². The zero-order valence-electron chi connectivity index (χ0n) is 15.1. The number of hydrogen-bond donors (Lipinski definition) is 1. The van der Waals surface area contributed by atoms with Gasteiger partial charge in [0.15, 0.2) is 0 Å². The first-order valence-corrected chi connectivity index (χ1v) is 8.89. The Morgan fingerprint density at radius 1 is 1.12 bits per heavy atom. The third-order valence-electron chi connectivity index (χ3n) is 4.59. The van der Waals surface area contributed by atoms with Gasteiger partial charge in [0.2, 0.25) is 5.91 Å². The molecule has 1 amide bonds. The first kappa shape index (κ1) is 17.9. The molecule has 5 heteroatoms. The van der Waals surface area contributed by atoms with Gasteiger partial charge in [0, 0.05) is 13.0 Å². The number of aromatic nitrogens is 2. The van der Waals surface area contributed by atoms with Crippen LogP contribution in [-0.2, 0) is 11.3 Å². The molecule has 1 N–H and O–H groups in total. The molecule has 1 aromatic heterocycles. The molecule has 3 aromatic rings. The number of hydrogen-bond acceptors (Lipinski definition) is 3. The predicted octanol–water partition coefficient (Wildman–Crippen LogP) is 3.47. The Balaban J connectivity index is 1.75. The van der Waals surface area contributed by atoms with Gasteiger partial charge in [-0.2, -0.15) is 0 Å². The molecular weight excluding hydrogens is 326 g/mol. The van der Waals surface area contributed by atoms with Crippen molar-refractivity contribution in [3.8, 4) is 0 Å². The average Bonchev–Trinajstić information content (AvgIpc) is 2.66. The lowest BCUT2D eigenvalue weighted by Gasteiger charge is -2.22. The van der Waals surface area contributed by atoms with Crippen LogP contribution in [0.3, 0.4) is 0 Å². The van der Waals surface area contributed by atoms with Gasteiger partial charge in [0.25, 0.3) is 5.56 Å². The maximum atomic E-state index is 12.7. The lowest BCUT2D eigenvalue weighted by atomic mass is 9.97. The molecule has 0 aliphatic carbocycles. The van der Waals surface area contributed by atoms with Crippen molar-refractivity contribution >= 4 is 16.8 Å². The molecule has 0 radical (unpaired) electrons. The van der Waals surface area contributed by atoms with E-state index in [1.54, 1.807) is 11.0 Å². The topological polar surface area (TPSA) is 66.1 Å². The number of para-hydroxylation sites is 1. The number of nitrogens with zero attached hydrogens (tertiary/aromatic N) is 2. The fourth-order valence-corrected chi connectivity index (χ4v) is 3.06. The van der Waals surface area contributed by atoms with Crippen molar-refractivity contribution in [3.05, 3.63) is 76.3 Å². The number of H-pyrrole nitrogens is 1. The van der Waals surface area contributed by atoms with Gasteiger partial charge in [-0.15, -0.1) is 0 Å². The molecule has 2 aromatic carbocycles. The van der Waals surface area contributed by atoms with Crippen molar-refractivity contribution < 1.29 is 4.79 Å². The normalized spacial score (nSPS) is 12.1. The summed E-state index contributed by atoms with van der Waals surface area (Å²) in [6, 6.07) is 17.2. The maximum absolute atomic E-state index is 12.7. The third kappa shape index (κ3) is 3.99. The summed E-state index contributed by atoms with van der Waals surface area (Å²) >= 11 is 0. The Morgan fingerprint density at radius 3 is 2.54 bits per heavy atom. The van der Waals surface area contributed by atoms with Crippen LogP contribution in [0.2, 0.25) is 0 Å². The van der Waals surface area contributed by atoms with Crippen molar-refractivity contribution in [1.29, 1.82) is 0 Å². The monoisotopic (exact) mass is 349 g/mol. The number of nitrogens with one attached hydrogen (secondary N) is 1. The van der Waals surface area contributed by atoms with Crippen molar-refractivity contribution in [1.82, 2.24) is 14.9 Å². The molecule has 0 fully saturated rings. The van der Waals surface area contributed by atoms with E-state index in [2.05, 4.69) is 16.9 Å². The minimum Gasteiger partial charge on any atom is -0.335 e. The molecule has 134 valence electrons. The summed E-state index contributed by atoms with van der Waals surface area (Å²) in [6.07, 6.45) is 0.426. The summed E-state index contributed by atoms with van der Waals surface area (Å²) < 4.78 is 0. The van der Waals surface area contributed by atoms with E-state index < -0.39 is 0 Å².